The van der Waals surface area contributed by atoms with E-state index in [0.717, 1.165) is 12.2 Å². The molecule has 12 nitrogen and oxygen atoms in total. The zero-order valence-corrected chi connectivity index (χ0v) is 22.2. The third-order valence-electron chi connectivity index (χ3n) is 5.20. The molecule has 2 aromatic carbocycles. The van der Waals surface area contributed by atoms with Crippen LogP contribution in [0.3, 0.4) is 0 Å². The first-order valence-corrected chi connectivity index (χ1v) is 12.5. The summed E-state index contributed by atoms with van der Waals surface area (Å²) in [6, 6.07) is 15.3. The summed E-state index contributed by atoms with van der Waals surface area (Å²) >= 11 is 0. The molecule has 0 radical (unpaired) electrons. The van der Waals surface area contributed by atoms with Gasteiger partial charge in [-0.25, -0.2) is 9.59 Å². The lowest BCUT2D eigenvalue weighted by Crippen LogP contribution is -2.45. The van der Waals surface area contributed by atoms with Gasteiger partial charge in [-0.05, 0) is 38.1 Å². The van der Waals surface area contributed by atoms with E-state index in [0.29, 0.717) is 11.1 Å². The normalized spacial score (nSPS) is 11.9. The Labute approximate surface area is 231 Å². The minimum Gasteiger partial charge on any atom is -0.461 e. The first-order valence-electron chi connectivity index (χ1n) is 12.5. The van der Waals surface area contributed by atoms with E-state index >= 15 is 0 Å². The Kier molecular flexibility index (Phi) is 13.1. The van der Waals surface area contributed by atoms with E-state index in [-0.39, 0.29) is 26.3 Å². The maximum atomic E-state index is 12.1. The molecule has 0 spiro atoms. The summed E-state index contributed by atoms with van der Waals surface area (Å²) in [6.07, 6.45) is 1.74. The third-order valence-corrected chi connectivity index (χ3v) is 5.20. The average Bonchev–Trinajstić information content (AvgIpc) is 2.96. The first-order chi connectivity index (χ1) is 19.2. The van der Waals surface area contributed by atoms with E-state index in [9.17, 15) is 28.8 Å². The van der Waals surface area contributed by atoms with Gasteiger partial charge in [0.1, 0.15) is 25.3 Å². The average molecular weight is 553 g/mol. The highest BCUT2D eigenvalue weighted by molar-refractivity contribution is 5.98. The number of carbonyl (C=O) groups is 6. The SMILES string of the molecule is C[C@H](NC(=O)c1ccccc1)C(=O)NCCOC(=O)/C=C/C(=O)OCCNC(=O)[C@H](C)NC(=O)c1ccccc1. The van der Waals surface area contributed by atoms with Gasteiger partial charge in [0.25, 0.3) is 11.8 Å². The molecule has 0 unspecified atom stereocenters. The smallest absolute Gasteiger partial charge is 0.331 e. The highest BCUT2D eigenvalue weighted by Gasteiger charge is 2.17. The maximum absolute atomic E-state index is 12.1. The lowest BCUT2D eigenvalue weighted by atomic mass is 10.2. The van der Waals surface area contributed by atoms with Crippen LogP contribution >= 0.6 is 0 Å². The van der Waals surface area contributed by atoms with Gasteiger partial charge in [-0.2, -0.15) is 0 Å². The summed E-state index contributed by atoms with van der Waals surface area (Å²) in [6.45, 7) is 2.72. The van der Waals surface area contributed by atoms with Crippen molar-refractivity contribution >= 4 is 35.6 Å². The minimum atomic E-state index is -0.826. The number of nitrogens with one attached hydrogen (secondary N) is 4. The molecular weight excluding hydrogens is 520 g/mol. The van der Waals surface area contributed by atoms with Gasteiger partial charge in [-0.3, -0.25) is 19.2 Å². The van der Waals surface area contributed by atoms with Crippen LogP contribution in [0.1, 0.15) is 34.6 Å². The number of amides is 4. The lowest BCUT2D eigenvalue weighted by Gasteiger charge is -2.14. The summed E-state index contributed by atoms with van der Waals surface area (Å²) < 4.78 is 9.79. The van der Waals surface area contributed by atoms with Crippen molar-refractivity contribution in [3.63, 3.8) is 0 Å². The second kappa shape index (κ2) is 16.8. The molecule has 12 heteroatoms. The number of hydrogen-bond donors (Lipinski definition) is 4. The van der Waals surface area contributed by atoms with E-state index in [1.54, 1.807) is 60.7 Å². The summed E-state index contributed by atoms with van der Waals surface area (Å²) in [5.41, 5.74) is 0.843. The molecule has 0 aliphatic carbocycles. The second-order valence-corrected chi connectivity index (χ2v) is 8.37. The number of ether oxygens (including phenoxy) is 2. The topological polar surface area (TPSA) is 169 Å². The van der Waals surface area contributed by atoms with Crippen LogP contribution in [0.25, 0.3) is 0 Å². The monoisotopic (exact) mass is 552 g/mol. The Bertz CT molecular complexity index is 1110. The summed E-state index contributed by atoms with van der Waals surface area (Å²) in [5, 5.41) is 10.2. The molecular formula is C28H32N4O8. The van der Waals surface area contributed by atoms with Crippen molar-refractivity contribution in [2.45, 2.75) is 25.9 Å². The van der Waals surface area contributed by atoms with Crippen LogP contribution < -0.4 is 21.3 Å². The van der Waals surface area contributed by atoms with E-state index in [1.165, 1.54) is 13.8 Å². The van der Waals surface area contributed by atoms with Gasteiger partial charge in [0.15, 0.2) is 0 Å². The molecule has 2 atom stereocenters. The van der Waals surface area contributed by atoms with E-state index in [4.69, 9.17) is 9.47 Å². The highest BCUT2D eigenvalue weighted by atomic mass is 16.5. The van der Waals surface area contributed by atoms with Crippen molar-refractivity contribution in [2.24, 2.45) is 0 Å². The lowest BCUT2D eigenvalue weighted by molar-refractivity contribution is -0.140. The van der Waals surface area contributed by atoms with Crippen molar-refractivity contribution in [2.75, 3.05) is 26.3 Å². The van der Waals surface area contributed by atoms with Crippen molar-refractivity contribution in [3.8, 4) is 0 Å². The van der Waals surface area contributed by atoms with Crippen LogP contribution in [-0.4, -0.2) is 74.0 Å². The molecule has 0 aliphatic rings. The van der Waals surface area contributed by atoms with Crippen LogP contribution in [-0.2, 0) is 28.7 Å². The fourth-order valence-electron chi connectivity index (χ4n) is 3.06. The van der Waals surface area contributed by atoms with Crippen LogP contribution in [0.5, 0.6) is 0 Å². The van der Waals surface area contributed by atoms with Crippen LogP contribution in [0.15, 0.2) is 72.8 Å². The van der Waals surface area contributed by atoms with Crippen molar-refractivity contribution in [1.82, 2.24) is 21.3 Å². The Balaban J connectivity index is 1.55. The van der Waals surface area contributed by atoms with Gasteiger partial charge < -0.3 is 30.7 Å². The number of hydrogen-bond acceptors (Lipinski definition) is 8. The van der Waals surface area contributed by atoms with Crippen molar-refractivity contribution < 1.29 is 38.2 Å². The number of rotatable bonds is 14. The molecule has 0 aromatic heterocycles. The molecule has 2 aromatic rings. The predicted molar refractivity (Wildman–Crippen MR) is 144 cm³/mol. The maximum Gasteiger partial charge on any atom is 0.331 e. The van der Waals surface area contributed by atoms with Gasteiger partial charge in [0, 0.05) is 23.3 Å². The predicted octanol–water partition coefficient (Wildman–Crippen LogP) is 0.498. The van der Waals surface area contributed by atoms with Gasteiger partial charge in [-0.15, -0.1) is 0 Å². The van der Waals surface area contributed by atoms with Gasteiger partial charge in [-0.1, -0.05) is 36.4 Å². The number of benzene rings is 2. The van der Waals surface area contributed by atoms with Crippen molar-refractivity contribution in [3.05, 3.63) is 83.9 Å². The highest BCUT2D eigenvalue weighted by Crippen LogP contribution is 2.00. The Morgan fingerprint density at radius 1 is 0.625 bits per heavy atom. The molecule has 0 bridgehead atoms. The third kappa shape index (κ3) is 11.6. The summed E-state index contributed by atoms with van der Waals surface area (Å²) in [4.78, 5) is 71.8. The Hall–Kier alpha value is -5.00. The number of esters is 2. The van der Waals surface area contributed by atoms with E-state index in [2.05, 4.69) is 21.3 Å². The Morgan fingerprint density at radius 2 is 0.975 bits per heavy atom. The zero-order valence-electron chi connectivity index (χ0n) is 22.2. The van der Waals surface area contributed by atoms with Gasteiger partial charge >= 0.3 is 11.9 Å². The molecule has 0 aliphatic heterocycles. The standard InChI is InChI=1S/C28H32N4O8/c1-19(31-27(37)21-9-5-3-6-10-21)25(35)29-15-17-39-23(33)13-14-24(34)40-18-16-30-26(36)20(2)32-28(38)22-11-7-4-8-12-22/h3-14,19-20H,15-18H2,1-2H3,(H,29,35)(H,30,36)(H,31,37)(H,32,38)/b14-13+/t19-,20-/m0/s1. The quantitative estimate of drug-likeness (QED) is 0.149. The number of carbonyl (C=O) groups excluding carboxylic acids is 6. The Morgan fingerprint density at radius 3 is 1.32 bits per heavy atom. The molecule has 0 fully saturated rings. The molecule has 0 saturated carbocycles. The van der Waals surface area contributed by atoms with E-state index in [1.807, 2.05) is 0 Å². The molecule has 4 N–H and O–H groups in total. The second-order valence-electron chi connectivity index (χ2n) is 8.37. The fraction of sp³-hybridized carbons (Fsp3) is 0.286. The molecule has 0 heterocycles. The van der Waals surface area contributed by atoms with Crippen LogP contribution in [0.2, 0.25) is 0 Å². The summed E-state index contributed by atoms with van der Waals surface area (Å²) in [7, 11) is 0. The van der Waals surface area contributed by atoms with Crippen LogP contribution in [0.4, 0.5) is 0 Å². The molecule has 40 heavy (non-hydrogen) atoms. The fourth-order valence-corrected chi connectivity index (χ4v) is 3.06. The minimum absolute atomic E-state index is 0.00166. The largest absolute Gasteiger partial charge is 0.461 e. The first kappa shape index (κ1) is 31.2. The van der Waals surface area contributed by atoms with Gasteiger partial charge in [0.05, 0.1) is 13.1 Å². The molecule has 212 valence electrons. The van der Waals surface area contributed by atoms with Crippen molar-refractivity contribution in [1.29, 1.82) is 0 Å². The summed E-state index contributed by atoms with van der Waals surface area (Å²) in [5.74, 6) is -3.35. The van der Waals surface area contributed by atoms with Crippen LogP contribution in [0, 0.1) is 0 Å². The molecule has 4 amide bonds. The molecule has 0 saturated heterocycles. The van der Waals surface area contributed by atoms with Gasteiger partial charge in [0.2, 0.25) is 11.8 Å². The zero-order chi connectivity index (χ0) is 29.3. The molecule has 2 rings (SSSR count). The van der Waals surface area contributed by atoms with E-state index < -0.39 is 47.7 Å².